The van der Waals surface area contributed by atoms with E-state index in [1.54, 1.807) is 0 Å². The fourth-order valence-corrected chi connectivity index (χ4v) is 4.11. The zero-order chi connectivity index (χ0) is 83.5. The molecule has 0 aliphatic carbocycles. The lowest BCUT2D eigenvalue weighted by Gasteiger charge is -2.20. The SMILES string of the molecule is CC.CC.CC.CC.CC.CC.CC(C)(C)/C=C\NNC(C)(C)C.CC(C)(C)/C=N\NCC(C)(C)C.CC(C)(C)C/C=N\NC(C)(C)C.CC(C)(C)C=NCNC(C)(C)C.CC(C)(C)CCN=NC(C)(C)C.CC(C)(C)CN=CNC(C)(C)C.CC(C)(C)N=CCNC(C)(C)C.CCC. The summed E-state index contributed by atoms with van der Waals surface area (Å²) in [4.78, 5) is 13.0. The summed E-state index contributed by atoms with van der Waals surface area (Å²) >= 11 is 0. The fraction of sp³-hybridized carbons (Fsp3) is 0.918. The molecule has 608 valence electrons. The van der Waals surface area contributed by atoms with Crippen molar-refractivity contribution in [3.63, 3.8) is 0 Å². The van der Waals surface area contributed by atoms with Crippen LogP contribution < -0.4 is 37.7 Å². The number of rotatable bonds is 14. The number of nitrogens with zero attached hydrogens (tertiary/aromatic N) is 7. The molecule has 14 heteroatoms. The van der Waals surface area contributed by atoms with Gasteiger partial charge in [-0.15, -0.1) is 0 Å². The lowest BCUT2D eigenvalue weighted by atomic mass is 9.93. The lowest BCUT2D eigenvalue weighted by Crippen LogP contribution is -2.43. The van der Waals surface area contributed by atoms with Crippen molar-refractivity contribution in [1.82, 2.24) is 37.7 Å². The molecule has 0 radical (unpaired) electrons. The van der Waals surface area contributed by atoms with Crippen molar-refractivity contribution >= 4 is 31.2 Å². The first kappa shape index (κ1) is 129. The van der Waals surface area contributed by atoms with Crippen molar-refractivity contribution in [3.8, 4) is 0 Å². The highest BCUT2D eigenvalue weighted by atomic mass is 15.4. The quantitative estimate of drug-likeness (QED) is 0.0393. The molecule has 0 spiro atoms. The molecule has 0 atom stereocenters. The Morgan fingerprint density at radius 1 is 0.374 bits per heavy atom. The topological polar surface area (TPSA) is 171 Å². The van der Waals surface area contributed by atoms with Gasteiger partial charge in [-0.05, 0) is 196 Å². The summed E-state index contributed by atoms with van der Waals surface area (Å²) in [5.74, 6) is 0. The Kier molecular flexibility index (Phi) is 89.9. The summed E-state index contributed by atoms with van der Waals surface area (Å²) in [5.41, 5.74) is 14.9. The van der Waals surface area contributed by atoms with E-state index in [4.69, 9.17) is 0 Å². The molecule has 0 aliphatic heterocycles. The zero-order valence-corrected chi connectivity index (χ0v) is 79.3. The van der Waals surface area contributed by atoms with Crippen LogP contribution in [0.4, 0.5) is 0 Å². The second-order valence-electron chi connectivity index (χ2n) is 38.1. The van der Waals surface area contributed by atoms with Gasteiger partial charge in [-0.1, -0.05) is 255 Å². The molecule has 0 aromatic carbocycles. The van der Waals surface area contributed by atoms with Gasteiger partial charge in [0.05, 0.1) is 30.6 Å². The van der Waals surface area contributed by atoms with Gasteiger partial charge in [-0.2, -0.15) is 20.4 Å². The average molecular weight is 1420 g/mol. The Bertz CT molecular complexity index is 1500. The van der Waals surface area contributed by atoms with Crippen molar-refractivity contribution in [2.75, 3.05) is 32.8 Å². The number of nitrogens with one attached hydrogen (secondary N) is 7. The first-order valence-corrected chi connectivity index (χ1v) is 38.8. The first-order chi connectivity index (χ1) is 43.9. The van der Waals surface area contributed by atoms with Crippen molar-refractivity contribution in [2.24, 2.45) is 73.3 Å². The summed E-state index contributed by atoms with van der Waals surface area (Å²) in [7, 11) is 0. The normalized spacial score (nSPS) is 12.4. The highest BCUT2D eigenvalue weighted by Crippen LogP contribution is 2.20. The molecular weight excluding hydrogens is 1220 g/mol. The van der Waals surface area contributed by atoms with Crippen LogP contribution in [0, 0.1) is 37.9 Å². The lowest BCUT2D eigenvalue weighted by molar-refractivity contribution is 0.378. The third-order valence-electron chi connectivity index (χ3n) is 8.33. The number of aliphatic imine (C=N–C) groups is 3. The van der Waals surface area contributed by atoms with Crippen LogP contribution in [0.3, 0.4) is 0 Å². The maximum absolute atomic E-state index is 4.37. The summed E-state index contributed by atoms with van der Waals surface area (Å²) in [6.07, 6.45) is 17.1. The van der Waals surface area contributed by atoms with Crippen molar-refractivity contribution in [3.05, 3.63) is 12.3 Å². The third-order valence-corrected chi connectivity index (χ3v) is 8.33. The molecule has 0 aromatic rings. The molecule has 0 amide bonds. The number of hydrogen-bond acceptors (Lipinski definition) is 13. The van der Waals surface area contributed by atoms with E-state index in [2.05, 4.69) is 384 Å². The van der Waals surface area contributed by atoms with Gasteiger partial charge in [0.15, 0.2) is 0 Å². The molecule has 14 nitrogen and oxygen atoms in total. The van der Waals surface area contributed by atoms with E-state index in [0.717, 1.165) is 39.0 Å². The van der Waals surface area contributed by atoms with Crippen LogP contribution >= 0.6 is 0 Å². The van der Waals surface area contributed by atoms with Crippen LogP contribution in [0.1, 0.15) is 407 Å². The number of azo groups is 1. The van der Waals surface area contributed by atoms with Gasteiger partial charge in [0.25, 0.3) is 0 Å². The highest BCUT2D eigenvalue weighted by Gasteiger charge is 2.15. The minimum Gasteiger partial charge on any atom is -0.372 e. The Hall–Kier alpha value is -3.23. The van der Waals surface area contributed by atoms with Gasteiger partial charge in [-0.3, -0.25) is 20.3 Å². The largest absolute Gasteiger partial charge is 0.372 e. The molecule has 0 rings (SSSR count). The molecule has 99 heavy (non-hydrogen) atoms. The van der Waals surface area contributed by atoms with E-state index in [-0.39, 0.29) is 60.4 Å². The van der Waals surface area contributed by atoms with Crippen LogP contribution in [-0.4, -0.2) is 103 Å². The van der Waals surface area contributed by atoms with Gasteiger partial charge in [0.1, 0.15) is 0 Å². The Labute approximate surface area is 629 Å². The van der Waals surface area contributed by atoms with E-state index in [1.165, 1.54) is 6.42 Å². The molecule has 0 heterocycles. The molecule has 0 aliphatic rings. The predicted octanol–water partition coefficient (Wildman–Crippen LogP) is 26.3. The molecule has 0 fully saturated rings. The van der Waals surface area contributed by atoms with Crippen molar-refractivity contribution in [1.29, 1.82) is 0 Å². The van der Waals surface area contributed by atoms with Gasteiger partial charge in [0, 0.05) is 78.4 Å². The van der Waals surface area contributed by atoms with E-state index in [1.807, 2.05) is 120 Å². The summed E-state index contributed by atoms with van der Waals surface area (Å²) in [6, 6.07) is 0. The molecule has 0 unspecified atom stereocenters. The van der Waals surface area contributed by atoms with E-state index in [9.17, 15) is 0 Å². The summed E-state index contributed by atoms with van der Waals surface area (Å²) in [5, 5.41) is 26.5. The number of allylic oxidation sites excluding steroid dienone is 1. The van der Waals surface area contributed by atoms with Crippen LogP contribution in [0.25, 0.3) is 0 Å². The third kappa shape index (κ3) is 228. The van der Waals surface area contributed by atoms with E-state index >= 15 is 0 Å². The monoisotopic (exact) mass is 1420 g/mol. The smallest absolute Gasteiger partial charge is 0.0884 e. The van der Waals surface area contributed by atoms with Crippen molar-refractivity contribution in [2.45, 2.75) is 446 Å². The van der Waals surface area contributed by atoms with Gasteiger partial charge < -0.3 is 26.9 Å². The molecule has 0 saturated carbocycles. The standard InChI is InChI=1S/7C10H22N2.C3H8.6C2H6/c2*1-9(2,3)7-11-8-12-10(4,5)6;1-9(2,3)7-11-12-8-10(4,5)6;1-9(2,3)11-7-8-12-10(4,5)6;3*1-9(2,3)7-8-11-12-10(4,5)6;1-3-2;6*1-2/h8H,7H2,1-6H3,(H,11,12);3*7,12H,8H2,1-6H3;7-8H2,1-6H3;8,12H,7H2,1-6H3;7-8,11-12H,1-6H3;3H2,1-2H3;6*1-2H3/b;;11-7-;;;11-8-;8-7-;;;;;;;. The predicted molar refractivity (Wildman–Crippen MR) is 470 cm³/mol. The number of hydrogen-bond donors (Lipinski definition) is 7. The molecule has 0 saturated heterocycles. The van der Waals surface area contributed by atoms with Crippen LogP contribution in [0.5, 0.6) is 0 Å². The minimum absolute atomic E-state index is 0.0160. The zero-order valence-electron chi connectivity index (χ0n) is 79.3. The highest BCUT2D eigenvalue weighted by molar-refractivity contribution is 5.64. The van der Waals surface area contributed by atoms with Gasteiger partial charge in [0.2, 0.25) is 0 Å². The molecule has 7 N–H and O–H groups in total. The van der Waals surface area contributed by atoms with E-state index in [0.29, 0.717) is 22.9 Å². The van der Waals surface area contributed by atoms with Crippen LogP contribution in [0.15, 0.2) is 47.7 Å². The van der Waals surface area contributed by atoms with Crippen LogP contribution in [0.2, 0.25) is 0 Å². The maximum Gasteiger partial charge on any atom is 0.0884 e. The number of hydrazone groups is 2. The summed E-state index contributed by atoms with van der Waals surface area (Å²) < 4.78 is 0. The van der Waals surface area contributed by atoms with Crippen LogP contribution in [-0.2, 0) is 0 Å². The Balaban J connectivity index is -0.0000000685. The fourth-order valence-electron chi connectivity index (χ4n) is 4.11. The number of hydrazine groups is 1. The Morgan fingerprint density at radius 3 is 1.06 bits per heavy atom. The minimum atomic E-state index is -0.0160. The second kappa shape index (κ2) is 69.2. The first-order valence-electron chi connectivity index (χ1n) is 38.8. The molecule has 0 bridgehead atoms. The molecule has 0 aromatic heterocycles. The summed E-state index contributed by atoms with van der Waals surface area (Å²) in [6.45, 7) is 123. The maximum atomic E-state index is 4.37. The Morgan fingerprint density at radius 2 is 0.778 bits per heavy atom. The van der Waals surface area contributed by atoms with Gasteiger partial charge >= 0.3 is 0 Å². The van der Waals surface area contributed by atoms with E-state index < -0.39 is 0 Å². The molecular formula is C85H198N14. The van der Waals surface area contributed by atoms with Crippen molar-refractivity contribution < 1.29 is 0 Å². The average Bonchev–Trinajstić information content (AvgIpc) is 2.86. The van der Waals surface area contributed by atoms with Gasteiger partial charge in [-0.25, -0.2) is 5.43 Å². The second-order valence-corrected chi connectivity index (χ2v) is 38.1.